The Kier molecular flexibility index (Phi) is 6.57. The summed E-state index contributed by atoms with van der Waals surface area (Å²) in [6, 6.07) is 17.0. The van der Waals surface area contributed by atoms with Gasteiger partial charge in [-0.25, -0.2) is 4.79 Å². The maximum Gasteiger partial charge on any atom is 0.344 e. The van der Waals surface area contributed by atoms with E-state index < -0.39 is 18.4 Å². The molecule has 2 aromatic carbocycles. The molecule has 0 aliphatic carbocycles. The highest BCUT2D eigenvalue weighted by molar-refractivity contribution is 8.03. The molecule has 0 saturated carbocycles. The van der Waals surface area contributed by atoms with Gasteiger partial charge in [0.1, 0.15) is 22.4 Å². The van der Waals surface area contributed by atoms with Crippen LogP contribution in [0.2, 0.25) is 0 Å². The first-order valence-electron chi connectivity index (χ1n) is 9.09. The molecule has 1 aliphatic heterocycles. The zero-order valence-corrected chi connectivity index (χ0v) is 17.0. The van der Waals surface area contributed by atoms with Gasteiger partial charge >= 0.3 is 5.97 Å². The Morgan fingerprint density at radius 3 is 2.48 bits per heavy atom. The highest BCUT2D eigenvalue weighted by atomic mass is 32.2. The first-order chi connectivity index (χ1) is 14.0. The normalized spacial score (nSPS) is 14.0. The average Bonchev–Trinajstić information content (AvgIpc) is 3.08. The lowest BCUT2D eigenvalue weighted by molar-refractivity contribution is -0.149. The summed E-state index contributed by atoms with van der Waals surface area (Å²) in [5, 5.41) is 10.0. The third kappa shape index (κ3) is 4.79. The molecule has 6 nitrogen and oxygen atoms in total. The predicted octanol–water partition coefficient (Wildman–Crippen LogP) is 3.72. The Labute approximate surface area is 173 Å². The second-order valence-corrected chi connectivity index (χ2v) is 7.32. The van der Waals surface area contributed by atoms with Crippen LogP contribution in [0.1, 0.15) is 12.5 Å². The van der Waals surface area contributed by atoms with E-state index in [9.17, 15) is 14.9 Å². The van der Waals surface area contributed by atoms with Crippen molar-refractivity contribution in [3.8, 4) is 11.8 Å². The number of benzene rings is 2. The third-order valence-electron chi connectivity index (χ3n) is 4.39. The van der Waals surface area contributed by atoms with E-state index in [4.69, 9.17) is 9.47 Å². The zero-order chi connectivity index (χ0) is 20.8. The standard InChI is InChI=1S/C22H20N2O4S/c1-3-15-8-10-16(11-9-15)27-14-21(26)28-13-19(25)17(12-23)22-24(2)18-6-4-5-7-20(18)29-22/h4-11H,3,13-14H2,1-2H3/b22-17-. The number of para-hydroxylation sites is 1. The number of carbonyl (C=O) groups is 2. The van der Waals surface area contributed by atoms with Crippen LogP contribution in [0.3, 0.4) is 0 Å². The summed E-state index contributed by atoms with van der Waals surface area (Å²) in [4.78, 5) is 27.1. The van der Waals surface area contributed by atoms with Crippen molar-refractivity contribution >= 4 is 29.2 Å². The number of ketones is 1. The molecular formula is C22H20N2O4S. The number of nitrogens with zero attached hydrogens (tertiary/aromatic N) is 2. The number of esters is 1. The van der Waals surface area contributed by atoms with Gasteiger partial charge in [-0.15, -0.1) is 0 Å². The zero-order valence-electron chi connectivity index (χ0n) is 16.2. The number of carbonyl (C=O) groups excluding carboxylic acids is 2. The lowest BCUT2D eigenvalue weighted by Gasteiger charge is -2.14. The van der Waals surface area contributed by atoms with Gasteiger partial charge in [0, 0.05) is 11.9 Å². The number of aryl methyl sites for hydroxylation is 1. The Morgan fingerprint density at radius 2 is 1.83 bits per heavy atom. The lowest BCUT2D eigenvalue weighted by Crippen LogP contribution is -2.22. The number of hydrogen-bond donors (Lipinski definition) is 0. The molecule has 0 amide bonds. The van der Waals surface area contributed by atoms with Crippen LogP contribution in [-0.4, -0.2) is 32.0 Å². The van der Waals surface area contributed by atoms with Gasteiger partial charge in [0.05, 0.1) is 5.69 Å². The molecule has 0 radical (unpaired) electrons. The van der Waals surface area contributed by atoms with Crippen LogP contribution in [0.25, 0.3) is 0 Å². The quantitative estimate of drug-likeness (QED) is 0.392. The molecule has 7 heteroatoms. The van der Waals surface area contributed by atoms with Gasteiger partial charge in [-0.05, 0) is 36.2 Å². The molecule has 0 bridgehead atoms. The number of thioether (sulfide) groups is 1. The number of anilines is 1. The molecule has 148 valence electrons. The SMILES string of the molecule is CCc1ccc(OCC(=O)OCC(=O)/C(C#N)=C2\Sc3ccccc3N2C)cc1. The number of rotatable bonds is 7. The molecule has 0 atom stereocenters. The molecule has 0 aromatic heterocycles. The van der Waals surface area contributed by atoms with Crippen molar-refractivity contribution in [1.29, 1.82) is 5.26 Å². The molecule has 0 unspecified atom stereocenters. The summed E-state index contributed by atoms with van der Waals surface area (Å²) in [6.07, 6.45) is 0.916. The summed E-state index contributed by atoms with van der Waals surface area (Å²) in [6.45, 7) is 1.24. The molecule has 3 rings (SSSR count). The smallest absolute Gasteiger partial charge is 0.344 e. The van der Waals surface area contributed by atoms with Crippen molar-refractivity contribution < 1.29 is 19.1 Å². The van der Waals surface area contributed by atoms with Gasteiger partial charge in [0.15, 0.2) is 13.2 Å². The fraction of sp³-hybridized carbons (Fsp3) is 0.227. The van der Waals surface area contributed by atoms with Crippen molar-refractivity contribution in [2.75, 3.05) is 25.2 Å². The summed E-state index contributed by atoms with van der Waals surface area (Å²) in [5.41, 5.74) is 2.06. The van der Waals surface area contributed by atoms with E-state index in [1.807, 2.05) is 42.5 Å². The Bertz CT molecular complexity index is 993. The number of Topliss-reactive ketones (excluding diaryl/α,β-unsaturated/α-hetero) is 1. The predicted molar refractivity (Wildman–Crippen MR) is 111 cm³/mol. The number of fused-ring (bicyclic) bond motifs is 1. The number of ether oxygens (including phenoxy) is 2. The van der Waals surface area contributed by atoms with Crippen molar-refractivity contribution in [3.63, 3.8) is 0 Å². The van der Waals surface area contributed by atoms with Gasteiger partial charge in [-0.3, -0.25) is 4.79 Å². The molecule has 0 spiro atoms. The van der Waals surface area contributed by atoms with Crippen LogP contribution in [-0.2, 0) is 20.7 Å². The monoisotopic (exact) mass is 408 g/mol. The minimum atomic E-state index is -0.670. The number of nitriles is 1. The highest BCUT2D eigenvalue weighted by Gasteiger charge is 2.28. The van der Waals surface area contributed by atoms with Crippen LogP contribution in [0.15, 0.2) is 64.0 Å². The largest absolute Gasteiger partial charge is 0.482 e. The van der Waals surface area contributed by atoms with Gasteiger partial charge in [-0.1, -0.05) is 43.0 Å². The number of hydrogen-bond acceptors (Lipinski definition) is 7. The highest BCUT2D eigenvalue weighted by Crippen LogP contribution is 2.46. The molecule has 1 aliphatic rings. The van der Waals surface area contributed by atoms with Crippen LogP contribution in [0.4, 0.5) is 5.69 Å². The van der Waals surface area contributed by atoms with Crippen LogP contribution >= 0.6 is 11.8 Å². The maximum atomic E-state index is 12.5. The first-order valence-corrected chi connectivity index (χ1v) is 9.90. The molecular weight excluding hydrogens is 388 g/mol. The summed E-state index contributed by atoms with van der Waals surface area (Å²) < 4.78 is 10.4. The molecule has 0 N–H and O–H groups in total. The van der Waals surface area contributed by atoms with E-state index >= 15 is 0 Å². The van der Waals surface area contributed by atoms with Gasteiger partial charge in [-0.2, -0.15) is 5.26 Å². The van der Waals surface area contributed by atoms with Crippen molar-refractivity contribution in [3.05, 3.63) is 64.7 Å². The molecule has 29 heavy (non-hydrogen) atoms. The van der Waals surface area contributed by atoms with E-state index in [1.165, 1.54) is 17.3 Å². The second kappa shape index (κ2) is 9.30. The van der Waals surface area contributed by atoms with E-state index in [0.717, 1.165) is 17.0 Å². The Morgan fingerprint density at radius 1 is 1.10 bits per heavy atom. The minimum absolute atomic E-state index is 0.0300. The average molecular weight is 408 g/mol. The minimum Gasteiger partial charge on any atom is -0.482 e. The third-order valence-corrected chi connectivity index (χ3v) is 5.63. The van der Waals surface area contributed by atoms with E-state index in [2.05, 4.69) is 6.92 Å². The fourth-order valence-electron chi connectivity index (χ4n) is 2.77. The lowest BCUT2D eigenvalue weighted by atomic mass is 10.2. The molecule has 0 fully saturated rings. The van der Waals surface area contributed by atoms with Crippen LogP contribution in [0, 0.1) is 11.3 Å². The van der Waals surface area contributed by atoms with E-state index in [0.29, 0.717) is 10.8 Å². The fourth-order valence-corrected chi connectivity index (χ4v) is 3.94. The Hall–Kier alpha value is -3.24. The summed E-state index contributed by atoms with van der Waals surface area (Å²) in [5.74, 6) is -0.668. The Balaban J connectivity index is 1.56. The van der Waals surface area contributed by atoms with Gasteiger partial charge < -0.3 is 14.4 Å². The second-order valence-electron chi connectivity index (χ2n) is 6.29. The van der Waals surface area contributed by atoms with Crippen molar-refractivity contribution in [2.45, 2.75) is 18.2 Å². The topological polar surface area (TPSA) is 79.6 Å². The molecule has 2 aromatic rings. The van der Waals surface area contributed by atoms with Crippen molar-refractivity contribution in [1.82, 2.24) is 0 Å². The first kappa shape index (κ1) is 20.5. The van der Waals surface area contributed by atoms with E-state index in [1.54, 1.807) is 24.1 Å². The van der Waals surface area contributed by atoms with E-state index in [-0.39, 0.29) is 12.2 Å². The van der Waals surface area contributed by atoms with Gasteiger partial charge in [0.25, 0.3) is 0 Å². The van der Waals surface area contributed by atoms with Crippen LogP contribution < -0.4 is 9.64 Å². The summed E-state index contributed by atoms with van der Waals surface area (Å²) in [7, 11) is 1.79. The molecule has 0 saturated heterocycles. The molecule has 1 heterocycles. The van der Waals surface area contributed by atoms with Crippen LogP contribution in [0.5, 0.6) is 5.75 Å². The van der Waals surface area contributed by atoms with Gasteiger partial charge in [0.2, 0.25) is 5.78 Å². The maximum absolute atomic E-state index is 12.5. The summed E-state index contributed by atoms with van der Waals surface area (Å²) >= 11 is 1.35. The van der Waals surface area contributed by atoms with Crippen molar-refractivity contribution in [2.24, 2.45) is 0 Å².